The molecule has 18 heavy (non-hydrogen) atoms. The van der Waals surface area contributed by atoms with Crippen LogP contribution in [0.25, 0.3) is 0 Å². The van der Waals surface area contributed by atoms with Gasteiger partial charge in [-0.15, -0.1) is 0 Å². The van der Waals surface area contributed by atoms with Gasteiger partial charge in [0.05, 0.1) is 0 Å². The third-order valence-corrected chi connectivity index (χ3v) is 3.55. The van der Waals surface area contributed by atoms with Crippen LogP contribution >= 0.6 is 24.0 Å². The van der Waals surface area contributed by atoms with Gasteiger partial charge < -0.3 is 10.6 Å². The van der Waals surface area contributed by atoms with Crippen molar-refractivity contribution in [3.63, 3.8) is 0 Å². The van der Waals surface area contributed by atoms with Gasteiger partial charge in [0.25, 0.3) is 0 Å². The lowest BCUT2D eigenvalue weighted by atomic mass is 10.3. The molecule has 1 aromatic rings. The zero-order valence-electron chi connectivity index (χ0n) is 10.9. The van der Waals surface area contributed by atoms with Crippen LogP contribution in [0.4, 0.5) is 10.1 Å². The molecule has 0 unspecified atom stereocenters. The maximum absolute atomic E-state index is 12.7. The molecule has 0 atom stereocenters. The Bertz CT molecular complexity index is 385. The molecule has 0 spiro atoms. The zero-order chi connectivity index (χ0) is 13.6. The molecular weight excluding hydrogens is 267 g/mol. The molecule has 0 bridgehead atoms. The van der Waals surface area contributed by atoms with Crippen LogP contribution in [0.2, 0.25) is 0 Å². The van der Waals surface area contributed by atoms with Crippen LogP contribution in [0, 0.1) is 5.82 Å². The number of benzene rings is 1. The van der Waals surface area contributed by atoms with Crippen LogP contribution in [-0.2, 0) is 0 Å². The van der Waals surface area contributed by atoms with Gasteiger partial charge in [-0.05, 0) is 36.5 Å². The van der Waals surface area contributed by atoms with Crippen LogP contribution in [-0.4, -0.2) is 22.2 Å². The minimum Gasteiger partial charge on any atom is -0.362 e. The van der Waals surface area contributed by atoms with E-state index < -0.39 is 0 Å². The van der Waals surface area contributed by atoms with Crippen molar-refractivity contribution in [2.24, 2.45) is 0 Å². The Kier molecular flexibility index (Phi) is 5.88. The largest absolute Gasteiger partial charge is 0.362 e. The van der Waals surface area contributed by atoms with E-state index in [0.717, 1.165) is 18.0 Å². The fourth-order valence-electron chi connectivity index (χ4n) is 1.23. The Balaban J connectivity index is 2.24. The van der Waals surface area contributed by atoms with E-state index in [9.17, 15) is 4.39 Å². The average Bonchev–Trinajstić information content (AvgIpc) is 2.26. The van der Waals surface area contributed by atoms with Gasteiger partial charge in [0.1, 0.15) is 5.82 Å². The molecule has 0 aliphatic heterocycles. The highest BCUT2D eigenvalue weighted by molar-refractivity contribution is 8.00. The number of anilines is 1. The second-order valence-corrected chi connectivity index (χ2v) is 7.18. The molecule has 0 fully saturated rings. The molecule has 0 aliphatic rings. The van der Waals surface area contributed by atoms with Crippen molar-refractivity contribution in [1.82, 2.24) is 5.32 Å². The van der Waals surface area contributed by atoms with E-state index in [1.165, 1.54) is 12.1 Å². The van der Waals surface area contributed by atoms with Gasteiger partial charge in [-0.2, -0.15) is 11.8 Å². The van der Waals surface area contributed by atoms with Gasteiger partial charge in [-0.3, -0.25) is 0 Å². The Hall–Kier alpha value is -0.810. The first-order valence-corrected chi connectivity index (χ1v) is 7.20. The lowest BCUT2D eigenvalue weighted by molar-refractivity contribution is 0.628. The number of hydrogen-bond donors (Lipinski definition) is 2. The zero-order valence-corrected chi connectivity index (χ0v) is 12.6. The lowest BCUT2D eigenvalue weighted by Gasteiger charge is -2.18. The number of thiocarbonyl (C=S) groups is 1. The first-order valence-electron chi connectivity index (χ1n) is 5.81. The first-order chi connectivity index (χ1) is 8.37. The molecule has 0 amide bonds. The van der Waals surface area contributed by atoms with Crippen molar-refractivity contribution in [1.29, 1.82) is 0 Å². The maximum Gasteiger partial charge on any atom is 0.170 e. The molecule has 0 saturated heterocycles. The second-order valence-electron chi connectivity index (χ2n) is 4.85. The second kappa shape index (κ2) is 6.95. The van der Waals surface area contributed by atoms with E-state index in [1.807, 2.05) is 11.8 Å². The summed E-state index contributed by atoms with van der Waals surface area (Å²) in [6, 6.07) is 6.13. The van der Waals surface area contributed by atoms with Crippen molar-refractivity contribution in [3.05, 3.63) is 30.1 Å². The monoisotopic (exact) mass is 286 g/mol. The molecule has 1 aromatic carbocycles. The molecule has 100 valence electrons. The van der Waals surface area contributed by atoms with E-state index in [4.69, 9.17) is 12.2 Å². The summed E-state index contributed by atoms with van der Waals surface area (Å²) in [4.78, 5) is 0. The predicted molar refractivity (Wildman–Crippen MR) is 82.8 cm³/mol. The summed E-state index contributed by atoms with van der Waals surface area (Å²) in [5.74, 6) is 0.746. The average molecular weight is 286 g/mol. The SMILES string of the molecule is CC(C)(C)SCCNC(=S)Nc1ccc(F)cc1. The van der Waals surface area contributed by atoms with Crippen molar-refractivity contribution < 1.29 is 4.39 Å². The van der Waals surface area contributed by atoms with Crippen LogP contribution in [0.5, 0.6) is 0 Å². The number of hydrogen-bond acceptors (Lipinski definition) is 2. The normalized spacial score (nSPS) is 11.1. The topological polar surface area (TPSA) is 24.1 Å². The fourth-order valence-corrected chi connectivity index (χ4v) is 2.27. The Labute approximate surface area is 118 Å². The molecule has 0 radical (unpaired) electrons. The quantitative estimate of drug-likeness (QED) is 0.652. The summed E-state index contributed by atoms with van der Waals surface area (Å²) < 4.78 is 13.0. The van der Waals surface area contributed by atoms with Crippen LogP contribution in [0.1, 0.15) is 20.8 Å². The predicted octanol–water partition coefficient (Wildman–Crippen LogP) is 3.64. The standard InChI is InChI=1S/C13H19FN2S2/c1-13(2,3)18-9-8-15-12(17)16-11-6-4-10(14)5-7-11/h4-7H,8-9H2,1-3H3,(H2,15,16,17). The van der Waals surface area contributed by atoms with E-state index in [0.29, 0.717) is 5.11 Å². The van der Waals surface area contributed by atoms with Crippen molar-refractivity contribution in [3.8, 4) is 0 Å². The van der Waals surface area contributed by atoms with Gasteiger partial charge in [-0.1, -0.05) is 20.8 Å². The highest BCUT2D eigenvalue weighted by atomic mass is 32.2. The Morgan fingerprint density at radius 1 is 1.28 bits per heavy atom. The third kappa shape index (κ3) is 6.81. The molecule has 1 rings (SSSR count). The van der Waals surface area contributed by atoms with Crippen molar-refractivity contribution >= 4 is 34.8 Å². The number of halogens is 1. The van der Waals surface area contributed by atoms with Gasteiger partial charge >= 0.3 is 0 Å². The molecular formula is C13H19FN2S2. The maximum atomic E-state index is 12.7. The summed E-state index contributed by atoms with van der Waals surface area (Å²) >= 11 is 7.03. The first kappa shape index (κ1) is 15.2. The summed E-state index contributed by atoms with van der Waals surface area (Å²) in [6.45, 7) is 7.38. The summed E-state index contributed by atoms with van der Waals surface area (Å²) in [5.41, 5.74) is 0.789. The molecule has 0 aliphatic carbocycles. The molecule has 5 heteroatoms. The Morgan fingerprint density at radius 3 is 2.44 bits per heavy atom. The molecule has 0 heterocycles. The molecule has 2 nitrogen and oxygen atoms in total. The minimum absolute atomic E-state index is 0.249. The summed E-state index contributed by atoms with van der Waals surface area (Å²) in [7, 11) is 0. The molecule has 0 aromatic heterocycles. The highest BCUT2D eigenvalue weighted by Gasteiger charge is 2.09. The molecule has 2 N–H and O–H groups in total. The summed E-state index contributed by atoms with van der Waals surface area (Å²) in [5, 5.41) is 6.70. The van der Waals surface area contributed by atoms with Gasteiger partial charge in [0.2, 0.25) is 0 Å². The van der Waals surface area contributed by atoms with Gasteiger partial charge in [-0.25, -0.2) is 4.39 Å². The fraction of sp³-hybridized carbons (Fsp3) is 0.462. The van der Waals surface area contributed by atoms with E-state index in [-0.39, 0.29) is 10.6 Å². The number of nitrogens with one attached hydrogen (secondary N) is 2. The van der Waals surface area contributed by atoms with E-state index in [1.54, 1.807) is 12.1 Å². The molecule has 0 saturated carbocycles. The smallest absolute Gasteiger partial charge is 0.170 e. The van der Waals surface area contributed by atoms with Crippen LogP contribution in [0.15, 0.2) is 24.3 Å². The van der Waals surface area contributed by atoms with Gasteiger partial charge in [0.15, 0.2) is 5.11 Å². The number of thioether (sulfide) groups is 1. The Morgan fingerprint density at radius 2 is 1.89 bits per heavy atom. The van der Waals surface area contributed by atoms with E-state index >= 15 is 0 Å². The number of rotatable bonds is 4. The van der Waals surface area contributed by atoms with Crippen molar-refractivity contribution in [2.45, 2.75) is 25.5 Å². The van der Waals surface area contributed by atoms with Crippen molar-refractivity contribution in [2.75, 3.05) is 17.6 Å². The third-order valence-electron chi connectivity index (χ3n) is 2.02. The minimum atomic E-state index is -0.249. The van der Waals surface area contributed by atoms with E-state index in [2.05, 4.69) is 31.4 Å². The van der Waals surface area contributed by atoms with Crippen LogP contribution < -0.4 is 10.6 Å². The van der Waals surface area contributed by atoms with Crippen LogP contribution in [0.3, 0.4) is 0 Å². The highest BCUT2D eigenvalue weighted by Crippen LogP contribution is 2.21. The lowest BCUT2D eigenvalue weighted by Crippen LogP contribution is -2.30. The summed E-state index contributed by atoms with van der Waals surface area (Å²) in [6.07, 6.45) is 0. The van der Waals surface area contributed by atoms with Gasteiger partial charge in [0, 0.05) is 22.7 Å².